The van der Waals surface area contributed by atoms with Crippen LogP contribution in [-0.4, -0.2) is 60.9 Å². The summed E-state index contributed by atoms with van der Waals surface area (Å²) in [4.78, 5) is 28.9. The first-order chi connectivity index (χ1) is 22.7. The minimum atomic E-state index is -3.37. The number of anilines is 1. The molecule has 0 aromatic heterocycles. The van der Waals surface area contributed by atoms with E-state index in [9.17, 15) is 13.8 Å². The fraction of sp³-hybridized carbons (Fsp3) is 0.556. The van der Waals surface area contributed by atoms with Crippen LogP contribution < -0.4 is 19.7 Å². The van der Waals surface area contributed by atoms with E-state index in [1.807, 2.05) is 18.2 Å². The van der Waals surface area contributed by atoms with Crippen LogP contribution in [0.3, 0.4) is 0 Å². The molecule has 2 heterocycles. The van der Waals surface area contributed by atoms with Crippen molar-refractivity contribution >= 4 is 39.1 Å². The molecule has 3 fully saturated rings. The highest BCUT2D eigenvalue weighted by Gasteiger charge is 2.54. The minimum absolute atomic E-state index is 0.0208. The summed E-state index contributed by atoms with van der Waals surface area (Å²) in [6, 6.07) is 11.3. The fourth-order valence-corrected chi connectivity index (χ4v) is 10.1. The van der Waals surface area contributed by atoms with Gasteiger partial charge in [0.1, 0.15) is 15.7 Å². The van der Waals surface area contributed by atoms with Gasteiger partial charge in [0.2, 0.25) is 0 Å². The number of carbonyl (C=O) groups excluding carboxylic acids is 2. The van der Waals surface area contributed by atoms with Crippen LogP contribution in [-0.2, 0) is 20.1 Å². The number of methoxy groups -OCH3 is 1. The van der Waals surface area contributed by atoms with Crippen molar-refractivity contribution in [2.45, 2.75) is 74.8 Å². The van der Waals surface area contributed by atoms with Crippen LogP contribution in [0.15, 0.2) is 52.9 Å². The van der Waals surface area contributed by atoms with Gasteiger partial charge in [-0.3, -0.25) is 9.52 Å². The number of ether oxygens (including phenoxy) is 2. The summed E-state index contributed by atoms with van der Waals surface area (Å²) < 4.78 is 33.5. The molecule has 6 aliphatic rings. The fourth-order valence-electron chi connectivity index (χ4n) is 8.42. The first-order valence-corrected chi connectivity index (χ1v) is 19.2. The highest BCUT2D eigenvalue weighted by atomic mass is 35.5. The Labute approximate surface area is 282 Å². The number of allylic oxidation sites excluding steroid dienone is 1. The van der Waals surface area contributed by atoms with Crippen LogP contribution in [0.1, 0.15) is 78.8 Å². The van der Waals surface area contributed by atoms with E-state index in [0.717, 1.165) is 61.7 Å². The van der Waals surface area contributed by atoms with Crippen LogP contribution in [0.2, 0.25) is 5.02 Å². The maximum atomic E-state index is 14.0. The zero-order chi connectivity index (χ0) is 32.3. The Morgan fingerprint density at radius 1 is 1.15 bits per heavy atom. The number of amides is 3. The van der Waals surface area contributed by atoms with E-state index in [1.54, 1.807) is 13.2 Å². The van der Waals surface area contributed by atoms with Gasteiger partial charge in [0, 0.05) is 42.2 Å². The van der Waals surface area contributed by atoms with E-state index < -0.39 is 21.9 Å². The van der Waals surface area contributed by atoms with E-state index in [-0.39, 0.29) is 23.3 Å². The molecule has 250 valence electrons. The third-order valence-corrected chi connectivity index (χ3v) is 13.3. The largest absolute Gasteiger partial charge is 0.490 e. The number of nitrogens with one attached hydrogen (secondary N) is 2. The molecule has 1 unspecified atom stereocenters. The SMILES string of the molecule is CO[C@H]1/C=C/CCCS(=O)(NC(=O)NC2CC2)=NC(=O)c2ccc3c(c2)N(C[C@@H]2CC[C@H]21)C[C@]1(CO3)C[C@@H]2C[C@@H]2c2cc(Cl)ccc21. The molecular formula is C36H43ClN4O5S. The van der Waals surface area contributed by atoms with Gasteiger partial charge in [-0.2, -0.15) is 0 Å². The average molecular weight is 679 g/mol. The monoisotopic (exact) mass is 678 g/mol. The van der Waals surface area contributed by atoms with Crippen molar-refractivity contribution < 1.29 is 23.3 Å². The second-order valence-electron chi connectivity index (χ2n) is 14.5. The lowest BCUT2D eigenvalue weighted by molar-refractivity contribution is 0.0131. The van der Waals surface area contributed by atoms with Gasteiger partial charge in [0.25, 0.3) is 5.91 Å². The second-order valence-corrected chi connectivity index (χ2v) is 17.0. The van der Waals surface area contributed by atoms with E-state index in [1.165, 1.54) is 17.5 Å². The Morgan fingerprint density at radius 2 is 2.02 bits per heavy atom. The van der Waals surface area contributed by atoms with E-state index in [2.05, 4.69) is 43.6 Å². The normalized spacial score (nSPS) is 35.1. The van der Waals surface area contributed by atoms with Gasteiger partial charge in [-0.05, 0) is 116 Å². The van der Waals surface area contributed by atoms with Crippen molar-refractivity contribution in [2.24, 2.45) is 22.1 Å². The van der Waals surface area contributed by atoms with Crippen LogP contribution in [0.5, 0.6) is 5.75 Å². The molecule has 47 heavy (non-hydrogen) atoms. The van der Waals surface area contributed by atoms with Crippen molar-refractivity contribution in [1.82, 2.24) is 10.0 Å². The van der Waals surface area contributed by atoms with Crippen molar-refractivity contribution in [1.29, 1.82) is 0 Å². The molecule has 7 atom stereocenters. The van der Waals surface area contributed by atoms with Gasteiger partial charge in [-0.25, -0.2) is 9.00 Å². The highest BCUT2D eigenvalue weighted by molar-refractivity contribution is 7.92. The van der Waals surface area contributed by atoms with Crippen LogP contribution in [0.4, 0.5) is 10.5 Å². The summed E-state index contributed by atoms with van der Waals surface area (Å²) in [7, 11) is -1.60. The van der Waals surface area contributed by atoms with E-state index >= 15 is 0 Å². The standard InChI is InChI=1S/C36H43ClN4O5S/c1-45-32-5-3-2-4-14-47(44,40-35(43)38-26-9-10-26)39-34(42)22-7-13-33-31(16-22)41(19-23-6-11-27(23)32)20-36(21-46-33)18-24-15-28(24)29-17-25(37)8-12-30(29)36/h3,5,7-8,12-13,16-17,23-24,26-28,32H,2,4,6,9-11,14-15,18-21H2,1H3,(H2,38,39,40,42,43,44)/b5-3+/t23-,24-,27+,28-,32-,36-,47?/m0/s1. The zero-order valence-electron chi connectivity index (χ0n) is 26.8. The van der Waals surface area contributed by atoms with E-state index in [4.69, 9.17) is 21.1 Å². The summed E-state index contributed by atoms with van der Waals surface area (Å²) in [6.45, 7) is 2.10. The predicted molar refractivity (Wildman–Crippen MR) is 183 cm³/mol. The summed E-state index contributed by atoms with van der Waals surface area (Å²) in [5.74, 6) is 2.16. The minimum Gasteiger partial charge on any atom is -0.490 e. The Hall–Kier alpha value is -3.08. The number of fused-ring (bicyclic) bond motifs is 6. The Kier molecular flexibility index (Phi) is 8.04. The molecule has 2 aliphatic heterocycles. The first-order valence-electron chi connectivity index (χ1n) is 17.1. The van der Waals surface area contributed by atoms with Gasteiger partial charge < -0.3 is 19.7 Å². The molecule has 2 aromatic carbocycles. The van der Waals surface area contributed by atoms with Gasteiger partial charge in [0.05, 0.1) is 24.2 Å². The lowest BCUT2D eigenvalue weighted by Gasteiger charge is -2.46. The third-order valence-electron chi connectivity index (χ3n) is 11.2. The molecule has 3 saturated carbocycles. The smallest absolute Gasteiger partial charge is 0.327 e. The summed E-state index contributed by atoms with van der Waals surface area (Å²) in [5.41, 5.74) is 3.63. The van der Waals surface area contributed by atoms with Crippen molar-refractivity contribution in [3.05, 3.63) is 70.3 Å². The first kappa shape index (κ1) is 31.2. The Morgan fingerprint density at radius 3 is 2.81 bits per heavy atom. The summed E-state index contributed by atoms with van der Waals surface area (Å²) in [5, 5.41) is 3.59. The van der Waals surface area contributed by atoms with Gasteiger partial charge >= 0.3 is 6.03 Å². The topological polar surface area (TPSA) is 109 Å². The van der Waals surface area contributed by atoms with Gasteiger partial charge in [-0.15, -0.1) is 4.36 Å². The maximum Gasteiger partial charge on any atom is 0.327 e. The third kappa shape index (κ3) is 6.17. The zero-order valence-corrected chi connectivity index (χ0v) is 28.4. The molecule has 3 amide bonds. The van der Waals surface area contributed by atoms with Crippen LogP contribution in [0, 0.1) is 17.8 Å². The number of rotatable bonds is 3. The second kappa shape index (κ2) is 12.1. The molecule has 1 spiro atoms. The summed E-state index contributed by atoms with van der Waals surface area (Å²) in [6.07, 6.45) is 11.6. The predicted octanol–water partition coefficient (Wildman–Crippen LogP) is 6.36. The molecule has 2 bridgehead atoms. The molecule has 2 N–H and O–H groups in total. The van der Waals surface area contributed by atoms with E-state index in [0.29, 0.717) is 48.7 Å². The number of hydrogen-bond acceptors (Lipinski definition) is 6. The number of urea groups is 1. The van der Waals surface area contributed by atoms with Crippen molar-refractivity contribution in [3.8, 4) is 5.75 Å². The number of halogens is 1. The molecular weight excluding hydrogens is 636 g/mol. The van der Waals surface area contributed by atoms with Gasteiger partial charge in [-0.1, -0.05) is 29.8 Å². The number of hydrogen-bond donors (Lipinski definition) is 2. The molecule has 9 nitrogen and oxygen atoms in total. The Bertz CT molecular complexity index is 1750. The maximum absolute atomic E-state index is 14.0. The van der Waals surface area contributed by atoms with Gasteiger partial charge in [0.15, 0.2) is 0 Å². The highest BCUT2D eigenvalue weighted by Crippen LogP contribution is 2.61. The van der Waals surface area contributed by atoms with Crippen LogP contribution >= 0.6 is 11.6 Å². The number of carbonyl (C=O) groups is 2. The number of benzene rings is 2. The molecule has 4 aliphatic carbocycles. The molecule has 0 radical (unpaired) electrons. The molecule has 8 rings (SSSR count). The summed E-state index contributed by atoms with van der Waals surface area (Å²) >= 11 is 6.52. The molecule has 0 saturated heterocycles. The Balaban J connectivity index is 1.19. The van der Waals surface area contributed by atoms with Crippen molar-refractivity contribution in [3.63, 3.8) is 0 Å². The lowest BCUT2D eigenvalue weighted by Crippen LogP contribution is -2.49. The molecule has 11 heteroatoms. The van der Waals surface area contributed by atoms with Crippen molar-refractivity contribution in [2.75, 3.05) is 37.5 Å². The lowest BCUT2D eigenvalue weighted by atomic mass is 9.68. The van der Waals surface area contributed by atoms with Crippen LogP contribution in [0.25, 0.3) is 0 Å². The number of nitrogens with zero attached hydrogens (tertiary/aromatic N) is 2. The quantitative estimate of drug-likeness (QED) is 0.366. The molecule has 2 aromatic rings. The average Bonchev–Trinajstić information content (AvgIpc) is 3.96.